The van der Waals surface area contributed by atoms with Gasteiger partial charge in [-0.3, -0.25) is 4.79 Å². The maximum atomic E-state index is 12.2. The van der Waals surface area contributed by atoms with E-state index < -0.39 is 0 Å². The van der Waals surface area contributed by atoms with E-state index in [1.807, 2.05) is 17.0 Å². The van der Waals surface area contributed by atoms with Gasteiger partial charge >= 0.3 is 0 Å². The molecule has 0 radical (unpaired) electrons. The molecule has 0 spiro atoms. The highest BCUT2D eigenvalue weighted by molar-refractivity contribution is 5.95. The van der Waals surface area contributed by atoms with Gasteiger partial charge in [0.25, 0.3) is 5.91 Å². The van der Waals surface area contributed by atoms with Gasteiger partial charge in [-0.2, -0.15) is 0 Å². The molecule has 1 fully saturated rings. The summed E-state index contributed by atoms with van der Waals surface area (Å²) in [7, 11) is 0. The van der Waals surface area contributed by atoms with Crippen molar-refractivity contribution in [2.45, 2.75) is 13.3 Å². The Labute approximate surface area is 101 Å². The number of aryl methyl sites for hydroxylation is 1. The fourth-order valence-electron chi connectivity index (χ4n) is 1.99. The molecule has 0 atom stereocenters. The molecule has 1 aromatic carbocycles. The van der Waals surface area contributed by atoms with Crippen LogP contribution < -0.4 is 5.73 Å². The number of nitrogen functional groups attached to an aromatic ring is 1. The highest BCUT2D eigenvalue weighted by Gasteiger charge is 2.18. The van der Waals surface area contributed by atoms with Crippen molar-refractivity contribution >= 4 is 11.6 Å². The molecule has 0 bridgehead atoms. The van der Waals surface area contributed by atoms with Crippen LogP contribution in [0.2, 0.25) is 0 Å². The average molecular weight is 234 g/mol. The van der Waals surface area contributed by atoms with Crippen LogP contribution in [0, 0.1) is 0 Å². The lowest BCUT2D eigenvalue weighted by Gasteiger charge is -2.27. The Morgan fingerprint density at radius 3 is 2.71 bits per heavy atom. The second kappa shape index (κ2) is 5.19. The number of carbonyl (C=O) groups is 1. The zero-order chi connectivity index (χ0) is 12.3. The summed E-state index contributed by atoms with van der Waals surface area (Å²) in [6, 6.07) is 5.58. The van der Waals surface area contributed by atoms with Crippen molar-refractivity contribution in [3.05, 3.63) is 29.3 Å². The summed E-state index contributed by atoms with van der Waals surface area (Å²) in [4.78, 5) is 14.1. The Kier molecular flexibility index (Phi) is 3.64. The number of ether oxygens (including phenoxy) is 1. The molecular weight excluding hydrogens is 216 g/mol. The van der Waals surface area contributed by atoms with Crippen molar-refractivity contribution in [3.8, 4) is 0 Å². The molecule has 4 nitrogen and oxygen atoms in total. The van der Waals surface area contributed by atoms with Gasteiger partial charge in [-0.15, -0.1) is 0 Å². The Morgan fingerprint density at radius 2 is 2.06 bits per heavy atom. The highest BCUT2D eigenvalue weighted by Crippen LogP contribution is 2.15. The number of morpholine rings is 1. The predicted octanol–water partition coefficient (Wildman–Crippen LogP) is 1.30. The molecule has 1 aliphatic heterocycles. The SMILES string of the molecule is CCc1cc(N)cc(C(=O)N2CCOCC2)c1. The van der Waals surface area contributed by atoms with Crippen LogP contribution in [0.1, 0.15) is 22.8 Å². The van der Waals surface area contributed by atoms with E-state index in [0.717, 1.165) is 12.0 Å². The smallest absolute Gasteiger partial charge is 0.254 e. The minimum absolute atomic E-state index is 0.0512. The van der Waals surface area contributed by atoms with E-state index in [1.54, 1.807) is 6.07 Å². The predicted molar refractivity (Wildman–Crippen MR) is 67.0 cm³/mol. The zero-order valence-corrected chi connectivity index (χ0v) is 10.1. The molecule has 1 aromatic rings. The molecule has 0 saturated carbocycles. The lowest BCUT2D eigenvalue weighted by Crippen LogP contribution is -2.40. The summed E-state index contributed by atoms with van der Waals surface area (Å²) >= 11 is 0. The highest BCUT2D eigenvalue weighted by atomic mass is 16.5. The molecule has 0 aromatic heterocycles. The standard InChI is InChI=1S/C13H18N2O2/c1-2-10-7-11(9-12(14)8-10)13(16)15-3-5-17-6-4-15/h7-9H,2-6,14H2,1H3. The number of rotatable bonds is 2. The van der Waals surface area contributed by atoms with Crippen molar-refractivity contribution < 1.29 is 9.53 Å². The van der Waals surface area contributed by atoms with Crippen molar-refractivity contribution in [2.75, 3.05) is 32.0 Å². The molecule has 1 aliphatic rings. The van der Waals surface area contributed by atoms with Crippen LogP contribution in [0.3, 0.4) is 0 Å². The van der Waals surface area contributed by atoms with Crippen LogP contribution in [0.15, 0.2) is 18.2 Å². The van der Waals surface area contributed by atoms with E-state index in [-0.39, 0.29) is 5.91 Å². The first-order valence-corrected chi connectivity index (χ1v) is 5.97. The van der Waals surface area contributed by atoms with Crippen LogP contribution in [0.25, 0.3) is 0 Å². The molecule has 0 aliphatic carbocycles. The summed E-state index contributed by atoms with van der Waals surface area (Å²) < 4.78 is 5.24. The van der Waals surface area contributed by atoms with E-state index in [9.17, 15) is 4.79 Å². The Bertz CT molecular complexity index is 412. The first kappa shape index (κ1) is 11.9. The molecule has 92 valence electrons. The van der Waals surface area contributed by atoms with Crippen LogP contribution in [-0.4, -0.2) is 37.1 Å². The zero-order valence-electron chi connectivity index (χ0n) is 10.1. The van der Waals surface area contributed by atoms with Gasteiger partial charge < -0.3 is 15.4 Å². The third-order valence-electron chi connectivity index (χ3n) is 2.97. The molecule has 2 rings (SSSR count). The van der Waals surface area contributed by atoms with Gasteiger partial charge in [0.15, 0.2) is 0 Å². The normalized spacial score (nSPS) is 15.9. The van der Waals surface area contributed by atoms with E-state index in [4.69, 9.17) is 10.5 Å². The van der Waals surface area contributed by atoms with Gasteiger partial charge in [-0.25, -0.2) is 0 Å². The number of hydrogen-bond donors (Lipinski definition) is 1. The van der Waals surface area contributed by atoms with Gasteiger partial charge in [0.05, 0.1) is 13.2 Å². The lowest BCUT2D eigenvalue weighted by molar-refractivity contribution is 0.0303. The van der Waals surface area contributed by atoms with Crippen molar-refractivity contribution in [3.63, 3.8) is 0 Å². The minimum atomic E-state index is 0.0512. The molecule has 4 heteroatoms. The topological polar surface area (TPSA) is 55.6 Å². The maximum Gasteiger partial charge on any atom is 0.254 e. The second-order valence-electron chi connectivity index (χ2n) is 4.22. The number of amides is 1. The lowest BCUT2D eigenvalue weighted by atomic mass is 10.1. The summed E-state index contributed by atoms with van der Waals surface area (Å²) in [5.41, 5.74) is 8.24. The quantitative estimate of drug-likeness (QED) is 0.785. The molecule has 1 amide bonds. The van der Waals surface area contributed by atoms with Gasteiger partial charge in [-0.1, -0.05) is 6.92 Å². The Hall–Kier alpha value is -1.55. The largest absolute Gasteiger partial charge is 0.399 e. The van der Waals surface area contributed by atoms with Crippen LogP contribution >= 0.6 is 0 Å². The molecular formula is C13H18N2O2. The Balaban J connectivity index is 2.20. The van der Waals surface area contributed by atoms with E-state index in [2.05, 4.69) is 6.92 Å². The molecule has 0 unspecified atom stereocenters. The van der Waals surface area contributed by atoms with Gasteiger partial charge in [0, 0.05) is 24.3 Å². The van der Waals surface area contributed by atoms with Crippen LogP contribution in [0.5, 0.6) is 0 Å². The minimum Gasteiger partial charge on any atom is -0.399 e. The van der Waals surface area contributed by atoms with Crippen molar-refractivity contribution in [1.82, 2.24) is 4.90 Å². The first-order chi connectivity index (χ1) is 8.20. The Morgan fingerprint density at radius 1 is 1.35 bits per heavy atom. The van der Waals surface area contributed by atoms with Crippen LogP contribution in [-0.2, 0) is 11.2 Å². The van der Waals surface area contributed by atoms with Crippen molar-refractivity contribution in [2.24, 2.45) is 0 Å². The molecule has 2 N–H and O–H groups in total. The fraction of sp³-hybridized carbons (Fsp3) is 0.462. The number of anilines is 1. The van der Waals surface area contributed by atoms with Gasteiger partial charge in [0.2, 0.25) is 0 Å². The molecule has 1 saturated heterocycles. The summed E-state index contributed by atoms with van der Waals surface area (Å²) in [5, 5.41) is 0. The number of benzene rings is 1. The van der Waals surface area contributed by atoms with E-state index in [0.29, 0.717) is 37.6 Å². The third kappa shape index (κ3) is 2.77. The average Bonchev–Trinajstić information content (AvgIpc) is 2.38. The summed E-state index contributed by atoms with van der Waals surface area (Å²) in [5.74, 6) is 0.0512. The van der Waals surface area contributed by atoms with Gasteiger partial charge in [-0.05, 0) is 30.2 Å². The molecule has 17 heavy (non-hydrogen) atoms. The van der Waals surface area contributed by atoms with E-state index >= 15 is 0 Å². The van der Waals surface area contributed by atoms with Gasteiger partial charge in [0.1, 0.15) is 0 Å². The summed E-state index contributed by atoms with van der Waals surface area (Å²) in [6.07, 6.45) is 0.883. The number of carbonyl (C=O) groups excluding carboxylic acids is 1. The number of nitrogens with zero attached hydrogens (tertiary/aromatic N) is 1. The fourth-order valence-corrected chi connectivity index (χ4v) is 1.99. The van der Waals surface area contributed by atoms with Crippen molar-refractivity contribution in [1.29, 1.82) is 0 Å². The molecule has 1 heterocycles. The van der Waals surface area contributed by atoms with Crippen LogP contribution in [0.4, 0.5) is 5.69 Å². The maximum absolute atomic E-state index is 12.2. The van der Waals surface area contributed by atoms with E-state index in [1.165, 1.54) is 0 Å². The summed E-state index contributed by atoms with van der Waals surface area (Å²) in [6.45, 7) is 4.62. The first-order valence-electron chi connectivity index (χ1n) is 5.97. The monoisotopic (exact) mass is 234 g/mol. The number of nitrogens with two attached hydrogens (primary N) is 1. The number of hydrogen-bond acceptors (Lipinski definition) is 3. The third-order valence-corrected chi connectivity index (χ3v) is 2.97. The second-order valence-corrected chi connectivity index (χ2v) is 4.22.